The van der Waals surface area contributed by atoms with Crippen molar-refractivity contribution in [2.24, 2.45) is 0 Å². The van der Waals surface area contributed by atoms with Crippen molar-refractivity contribution in [3.63, 3.8) is 0 Å². The van der Waals surface area contributed by atoms with Gasteiger partial charge in [-0.2, -0.15) is 9.57 Å². The lowest BCUT2D eigenvalue weighted by atomic mass is 10.2. The Hall–Kier alpha value is -2.03. The Morgan fingerprint density at radius 3 is 2.93 bits per heavy atom. The van der Waals surface area contributed by atoms with E-state index in [9.17, 15) is 13.2 Å². The van der Waals surface area contributed by atoms with Crippen LogP contribution in [0.25, 0.3) is 10.2 Å². The van der Waals surface area contributed by atoms with Crippen molar-refractivity contribution < 1.29 is 13.2 Å². The van der Waals surface area contributed by atoms with Gasteiger partial charge in [0.1, 0.15) is 26.4 Å². The van der Waals surface area contributed by atoms with E-state index in [1.165, 1.54) is 24.5 Å². The summed E-state index contributed by atoms with van der Waals surface area (Å²) in [4.78, 5) is 19.2. The van der Waals surface area contributed by atoms with Crippen LogP contribution in [0.3, 0.4) is 0 Å². The molecule has 3 aromatic heterocycles. The summed E-state index contributed by atoms with van der Waals surface area (Å²) in [6, 6.07) is 7.91. The lowest BCUT2D eigenvalue weighted by Crippen LogP contribution is -2.42. The Bertz CT molecular complexity index is 1240. The largest absolute Gasteiger partial charge is 0.337 e. The van der Waals surface area contributed by atoms with Crippen molar-refractivity contribution >= 4 is 60.4 Å². The Labute approximate surface area is 180 Å². The van der Waals surface area contributed by atoms with E-state index in [-0.39, 0.29) is 10.1 Å². The number of nitriles is 1. The summed E-state index contributed by atoms with van der Waals surface area (Å²) >= 11 is 8.32. The molecule has 4 rings (SSSR count). The summed E-state index contributed by atoms with van der Waals surface area (Å²) < 4.78 is 28.2. The molecule has 0 aliphatic carbocycles. The number of likely N-dealkylation sites (N-methyl/N-ethyl adjacent to an activating group) is 1. The number of hydrogen-bond donors (Lipinski definition) is 0. The highest BCUT2D eigenvalue weighted by atomic mass is 35.5. The molecule has 1 amide bonds. The first-order chi connectivity index (χ1) is 13.8. The normalized spacial score (nSPS) is 17.4. The number of carbonyl (C=O) groups is 1. The highest BCUT2D eigenvalue weighted by Crippen LogP contribution is 2.32. The van der Waals surface area contributed by atoms with Crippen LogP contribution in [0.5, 0.6) is 0 Å². The van der Waals surface area contributed by atoms with Gasteiger partial charge >= 0.3 is 0 Å². The lowest BCUT2D eigenvalue weighted by molar-refractivity contribution is -0.131. The molecule has 0 radical (unpaired) electrons. The number of halogens is 1. The van der Waals surface area contributed by atoms with Gasteiger partial charge in [0.15, 0.2) is 0 Å². The molecular formula is C18H15ClN4O3S3. The second-order valence-electron chi connectivity index (χ2n) is 6.60. The van der Waals surface area contributed by atoms with E-state index >= 15 is 0 Å². The van der Waals surface area contributed by atoms with Gasteiger partial charge < -0.3 is 4.90 Å². The first kappa shape index (κ1) is 20.3. The molecule has 0 N–H and O–H groups in total. The van der Waals surface area contributed by atoms with Crippen LogP contribution >= 0.6 is 34.3 Å². The molecule has 0 bridgehead atoms. The van der Waals surface area contributed by atoms with E-state index in [1.807, 2.05) is 5.38 Å². The molecule has 1 fully saturated rings. The predicted molar refractivity (Wildman–Crippen MR) is 112 cm³/mol. The first-order valence-electron chi connectivity index (χ1n) is 8.60. The summed E-state index contributed by atoms with van der Waals surface area (Å²) in [5.74, 6) is -0.233. The molecule has 150 valence electrons. The molecule has 3 aromatic rings. The zero-order valence-electron chi connectivity index (χ0n) is 15.2. The maximum absolute atomic E-state index is 13.1. The smallest absolute Gasteiger partial charge is 0.253 e. The van der Waals surface area contributed by atoms with Crippen molar-refractivity contribution in [1.29, 1.82) is 5.26 Å². The third-order valence-electron chi connectivity index (χ3n) is 4.80. The number of amides is 1. The lowest BCUT2D eigenvalue weighted by Gasteiger charge is -2.22. The zero-order valence-corrected chi connectivity index (χ0v) is 18.4. The van der Waals surface area contributed by atoms with E-state index < -0.39 is 16.1 Å². The van der Waals surface area contributed by atoms with Crippen LogP contribution in [-0.4, -0.2) is 48.1 Å². The molecule has 4 heterocycles. The molecule has 0 aromatic carbocycles. The topological polar surface area (TPSA) is 94.4 Å². The van der Waals surface area contributed by atoms with Gasteiger partial charge in [-0.25, -0.2) is 13.4 Å². The number of thiophene rings is 2. The number of sulfonamides is 1. The van der Waals surface area contributed by atoms with Gasteiger partial charge in [0, 0.05) is 20.1 Å². The van der Waals surface area contributed by atoms with E-state index in [4.69, 9.17) is 16.9 Å². The number of rotatable bonds is 5. The van der Waals surface area contributed by atoms with Crippen LogP contribution in [0.1, 0.15) is 16.9 Å². The highest BCUT2D eigenvalue weighted by Gasteiger charge is 2.40. The van der Waals surface area contributed by atoms with Crippen molar-refractivity contribution in [3.8, 4) is 6.07 Å². The second-order valence-corrected chi connectivity index (χ2v) is 11.2. The number of pyridine rings is 1. The van der Waals surface area contributed by atoms with Crippen LogP contribution in [0.2, 0.25) is 5.15 Å². The first-order valence-corrected chi connectivity index (χ1v) is 12.1. The molecule has 0 spiro atoms. The van der Waals surface area contributed by atoms with Crippen molar-refractivity contribution in [1.82, 2.24) is 14.2 Å². The average molecular weight is 467 g/mol. The number of aromatic nitrogens is 1. The monoisotopic (exact) mass is 466 g/mol. The molecule has 7 nitrogen and oxygen atoms in total. The van der Waals surface area contributed by atoms with Crippen molar-refractivity contribution in [2.75, 3.05) is 13.6 Å². The van der Waals surface area contributed by atoms with Gasteiger partial charge in [0.25, 0.3) is 10.0 Å². The number of hydrogen-bond acceptors (Lipinski definition) is 7. The fourth-order valence-electron chi connectivity index (χ4n) is 3.27. The van der Waals surface area contributed by atoms with E-state index in [1.54, 1.807) is 23.1 Å². The predicted octanol–water partition coefficient (Wildman–Crippen LogP) is 3.30. The third-order valence-corrected chi connectivity index (χ3v) is 9.30. The molecule has 1 atom stereocenters. The second kappa shape index (κ2) is 7.66. The molecule has 1 aliphatic rings. The van der Waals surface area contributed by atoms with Crippen molar-refractivity contribution in [2.45, 2.75) is 23.2 Å². The van der Waals surface area contributed by atoms with E-state index in [0.717, 1.165) is 21.2 Å². The molecule has 1 saturated heterocycles. The maximum Gasteiger partial charge on any atom is 0.253 e. The number of carbonyl (C=O) groups excluding carboxylic acids is 1. The van der Waals surface area contributed by atoms with Gasteiger partial charge in [0.05, 0.1) is 10.2 Å². The standard InChI is InChI=1S/C18H15ClN4O3S3/c1-22(29(25,26)17-7-13-15(28-17)2-3-16(19)21-13)14-4-5-23(18(14)24)9-11-6-12(8-20)27-10-11/h2-3,6-7,10,14H,4-5,9H2,1H3/t14-/m0/s1. The summed E-state index contributed by atoms with van der Waals surface area (Å²) in [5, 5.41) is 11.1. The molecule has 0 saturated carbocycles. The fraction of sp³-hybridized carbons (Fsp3) is 0.278. The summed E-state index contributed by atoms with van der Waals surface area (Å²) in [6.45, 7) is 0.831. The van der Waals surface area contributed by atoms with Crippen LogP contribution in [0, 0.1) is 11.3 Å². The molecular weight excluding hydrogens is 452 g/mol. The minimum absolute atomic E-state index is 0.132. The molecule has 29 heavy (non-hydrogen) atoms. The van der Waals surface area contributed by atoms with Gasteiger partial charge in [0.2, 0.25) is 5.91 Å². The number of nitrogens with zero attached hydrogens (tertiary/aromatic N) is 4. The van der Waals surface area contributed by atoms with E-state index in [0.29, 0.717) is 39.8 Å². The van der Waals surface area contributed by atoms with Crippen LogP contribution in [0.15, 0.2) is 33.9 Å². The van der Waals surface area contributed by atoms with Crippen LogP contribution < -0.4 is 0 Å². The third kappa shape index (κ3) is 3.76. The molecule has 1 aliphatic heterocycles. The Kier molecular flexibility index (Phi) is 5.35. The fourth-order valence-corrected chi connectivity index (χ4v) is 6.97. The Morgan fingerprint density at radius 2 is 2.21 bits per heavy atom. The molecule has 0 unspecified atom stereocenters. The van der Waals surface area contributed by atoms with Crippen LogP contribution in [0.4, 0.5) is 0 Å². The summed E-state index contributed by atoms with van der Waals surface area (Å²) in [6.07, 6.45) is 0.415. The Balaban J connectivity index is 1.54. The SMILES string of the molecule is CN([C@H]1CCN(Cc2csc(C#N)c2)C1=O)S(=O)(=O)c1cc2nc(Cl)ccc2s1. The van der Waals surface area contributed by atoms with E-state index in [2.05, 4.69) is 11.1 Å². The summed E-state index contributed by atoms with van der Waals surface area (Å²) in [5.41, 5.74) is 1.39. The number of likely N-dealkylation sites (tertiary alicyclic amines) is 1. The number of fused-ring (bicyclic) bond motifs is 1. The van der Waals surface area contributed by atoms with Gasteiger partial charge in [-0.3, -0.25) is 4.79 Å². The molecule has 11 heteroatoms. The minimum atomic E-state index is -3.85. The quantitative estimate of drug-likeness (QED) is 0.537. The van der Waals surface area contributed by atoms with Gasteiger partial charge in [-0.1, -0.05) is 11.6 Å². The van der Waals surface area contributed by atoms with Crippen LogP contribution in [-0.2, 0) is 21.4 Å². The average Bonchev–Trinajstić information content (AvgIpc) is 3.40. The van der Waals surface area contributed by atoms with Gasteiger partial charge in [-0.05, 0) is 41.6 Å². The highest BCUT2D eigenvalue weighted by molar-refractivity contribution is 7.91. The minimum Gasteiger partial charge on any atom is -0.337 e. The zero-order chi connectivity index (χ0) is 20.8. The van der Waals surface area contributed by atoms with Crippen molar-refractivity contribution in [3.05, 3.63) is 45.2 Å². The Morgan fingerprint density at radius 1 is 1.41 bits per heavy atom. The summed E-state index contributed by atoms with van der Waals surface area (Å²) in [7, 11) is -2.41. The maximum atomic E-state index is 13.1. The van der Waals surface area contributed by atoms with Gasteiger partial charge in [-0.15, -0.1) is 22.7 Å².